The van der Waals surface area contributed by atoms with Crippen LogP contribution in [0.2, 0.25) is 0 Å². The zero-order valence-electron chi connectivity index (χ0n) is 64.7. The Hall–Kier alpha value is -11.8. The Morgan fingerprint density at radius 2 is 0.331 bits per heavy atom. The van der Waals surface area contributed by atoms with Crippen LogP contribution in [0.15, 0.2) is 388 Å². The van der Waals surface area contributed by atoms with Gasteiger partial charge in [-0.2, -0.15) is 35.1 Å². The Kier molecular flexibility index (Phi) is 36.5. The molecule has 0 aliphatic carbocycles. The minimum absolute atomic E-state index is 0. The van der Waals surface area contributed by atoms with E-state index in [1.54, 1.807) is 0 Å². The molecule has 0 radical (unpaired) electrons. The van der Waals surface area contributed by atoms with Crippen molar-refractivity contribution in [3.8, 4) is 22.3 Å². The van der Waals surface area contributed by atoms with Crippen LogP contribution in [0.1, 0.15) is 0 Å². The molecule has 0 saturated carbocycles. The number of alkyl halides is 8. The summed E-state index contributed by atoms with van der Waals surface area (Å²) in [5, 5.41) is 56.8. The van der Waals surface area contributed by atoms with Crippen molar-refractivity contribution < 1.29 is 134 Å². The van der Waals surface area contributed by atoms with Crippen molar-refractivity contribution in [3.63, 3.8) is 0 Å². The number of carboxylic acid groups (broad SMARTS) is 4. The van der Waals surface area contributed by atoms with E-state index in [9.17, 15) is 54.3 Å². The van der Waals surface area contributed by atoms with Crippen molar-refractivity contribution in [3.05, 3.63) is 402 Å². The molecule has 16 rings (SSSR count). The van der Waals surface area contributed by atoms with Crippen molar-refractivity contribution in [1.29, 1.82) is 0 Å². The van der Waals surface area contributed by atoms with Crippen molar-refractivity contribution in [2.24, 2.45) is 0 Å². The van der Waals surface area contributed by atoms with Crippen LogP contribution in [0.5, 0.6) is 0 Å². The number of carboxylic acids is 4. The molecule has 0 aliphatic rings. The van der Waals surface area contributed by atoms with E-state index in [1.807, 2.05) is 0 Å². The average Bonchev–Trinajstić information content (AvgIpc) is 0.734. The molecule has 16 aromatic carbocycles. The van der Waals surface area contributed by atoms with Crippen LogP contribution in [-0.4, -0.2) is 78.9 Å². The van der Waals surface area contributed by atoms with Crippen molar-refractivity contribution in [2.75, 3.05) is 0 Å². The van der Waals surface area contributed by atoms with Gasteiger partial charge in [0.2, 0.25) is 0 Å². The molecule has 16 aromatic rings. The van der Waals surface area contributed by atoms with Gasteiger partial charge in [-0.1, -0.05) is 388 Å². The molecule has 12 nitrogen and oxygen atoms in total. The summed E-state index contributed by atoms with van der Waals surface area (Å²) in [5.74, 6) is -35.1. The SMILES string of the molecule is O.O.O=C(O)C(F)(F)C(F)(F)C(=O)O.O=C(O)C(F)(F)C(F)(F)C(=O)O.[C-]#[O+].[C-]#[O+].[Ru].[Ru].c1ccc(P(c2ccccc2)c2ccc3ccccc3c2-c2c(P(c3ccccc3)c3ccccc3)ccc3ccccc23)cc1.c1ccc(P(c2ccccc2)c2ccc3ccccc3c2-c2c(P(c3ccccc3)c3ccccc3)ccc3ccccc23)cc1. The molecule has 8 N–H and O–H groups in total. The predicted molar refractivity (Wildman–Crippen MR) is 474 cm³/mol. The van der Waals surface area contributed by atoms with Crippen LogP contribution < -0.4 is 63.7 Å². The topological polar surface area (TPSA) is 252 Å². The molecular weight excluding hydrogens is 1850 g/mol. The minimum atomic E-state index is -5.60. The molecule has 0 spiro atoms. The van der Waals surface area contributed by atoms with Gasteiger partial charge in [0.25, 0.3) is 0 Å². The second-order valence-corrected chi connectivity index (χ2v) is 35.0. The van der Waals surface area contributed by atoms with Crippen molar-refractivity contribution in [2.45, 2.75) is 23.7 Å². The summed E-state index contributed by atoms with van der Waals surface area (Å²) >= 11 is 0. The Morgan fingerprint density at radius 3 is 0.460 bits per heavy atom. The third-order valence-electron chi connectivity index (χ3n) is 19.1. The third kappa shape index (κ3) is 21.7. The molecular formula is C98H72F8O12P4Ru2. The molecule has 0 aliphatic heterocycles. The second-order valence-electron chi connectivity index (χ2n) is 26.3. The average molecular weight is 1920 g/mol. The predicted octanol–water partition coefficient (Wildman–Crippen LogP) is 17.5. The van der Waals surface area contributed by atoms with Crippen LogP contribution >= 0.6 is 31.7 Å². The van der Waals surface area contributed by atoms with E-state index >= 15 is 0 Å². The van der Waals surface area contributed by atoms with Gasteiger partial charge in [-0.05, 0) is 161 Å². The number of hydrogen-bond donors (Lipinski definition) is 4. The summed E-state index contributed by atoms with van der Waals surface area (Å²) in [6.07, 6.45) is 0. The van der Waals surface area contributed by atoms with Crippen molar-refractivity contribution >= 4 is 162 Å². The van der Waals surface area contributed by atoms with Gasteiger partial charge in [-0.25, -0.2) is 19.2 Å². The molecule has 0 bridgehead atoms. The maximum atomic E-state index is 11.8. The van der Waals surface area contributed by atoms with Gasteiger partial charge in [-0.3, -0.25) is 0 Å². The van der Waals surface area contributed by atoms with Crippen LogP contribution in [0.3, 0.4) is 0 Å². The Bertz CT molecular complexity index is 5370. The monoisotopic (exact) mass is 1920 g/mol. The summed E-state index contributed by atoms with van der Waals surface area (Å²) in [6, 6.07) is 144. The Balaban J connectivity index is 0.000000255. The summed E-state index contributed by atoms with van der Waals surface area (Å²) in [5.41, 5.74) is 5.40. The Morgan fingerprint density at radius 1 is 0.210 bits per heavy atom. The van der Waals surface area contributed by atoms with E-state index in [-0.39, 0.29) is 49.9 Å². The first kappa shape index (κ1) is 99.4. The number of carbonyl (C=O) groups is 4. The van der Waals surface area contributed by atoms with E-state index < -0.39 is 79.3 Å². The van der Waals surface area contributed by atoms with E-state index in [0.717, 1.165) is 0 Å². The molecule has 0 atom stereocenters. The van der Waals surface area contributed by atoms with Gasteiger partial charge in [0.05, 0.1) is 0 Å². The van der Waals surface area contributed by atoms with E-state index in [0.29, 0.717) is 0 Å². The molecule has 628 valence electrons. The van der Waals surface area contributed by atoms with E-state index in [4.69, 9.17) is 29.7 Å². The summed E-state index contributed by atoms with van der Waals surface area (Å²) in [7, 11) is -3.41. The number of hydrogen-bond acceptors (Lipinski definition) is 4. The van der Waals surface area contributed by atoms with E-state index in [2.05, 4.69) is 402 Å². The molecule has 0 saturated heterocycles. The number of fused-ring (bicyclic) bond motifs is 4. The fraction of sp³-hybridized carbons (Fsp3) is 0.0408. The number of rotatable bonds is 20. The number of halogens is 8. The first-order valence-electron chi connectivity index (χ1n) is 36.6. The van der Waals surface area contributed by atoms with Gasteiger partial charge >= 0.3 is 70.2 Å². The maximum Gasteiger partial charge on any atom is 0 e. The zero-order chi connectivity index (χ0) is 85.7. The van der Waals surface area contributed by atoms with Gasteiger partial charge < -0.3 is 31.4 Å². The van der Waals surface area contributed by atoms with Crippen LogP contribution in [0.4, 0.5) is 35.1 Å². The van der Waals surface area contributed by atoms with Gasteiger partial charge in [0.1, 0.15) is 0 Å². The number of aliphatic carboxylic acids is 4. The molecule has 0 unspecified atom stereocenters. The summed E-state index contributed by atoms with van der Waals surface area (Å²) in [6.45, 7) is 9.00. The van der Waals surface area contributed by atoms with Crippen molar-refractivity contribution in [1.82, 2.24) is 0 Å². The summed E-state index contributed by atoms with van der Waals surface area (Å²) < 4.78 is 110. The van der Waals surface area contributed by atoms with Crippen LogP contribution in [0.25, 0.3) is 65.3 Å². The van der Waals surface area contributed by atoms with Gasteiger partial charge in [0, 0.05) is 39.0 Å². The number of benzene rings is 16. The fourth-order valence-corrected chi connectivity index (χ4v) is 23.6. The van der Waals surface area contributed by atoms with Crippen LogP contribution in [0, 0.1) is 13.3 Å². The quantitative estimate of drug-likeness (QED) is 0.0187. The first-order chi connectivity index (χ1) is 58.0. The fourth-order valence-electron chi connectivity index (χ4n) is 13.7. The van der Waals surface area contributed by atoms with Gasteiger partial charge in [-0.15, -0.1) is 0 Å². The first-order valence-corrected chi connectivity index (χ1v) is 41.9. The molecule has 124 heavy (non-hydrogen) atoms. The summed E-state index contributed by atoms with van der Waals surface area (Å²) in [4.78, 5) is 37.9. The third-order valence-corrected chi connectivity index (χ3v) is 29.0. The Labute approximate surface area is 738 Å². The maximum absolute atomic E-state index is 11.8. The smallest absolute Gasteiger partial charge is 0 e. The molecule has 0 fully saturated rings. The molecule has 0 amide bonds. The molecule has 0 aromatic heterocycles. The largest absolute Gasteiger partial charge is 0.0622 e. The van der Waals surface area contributed by atoms with Crippen LogP contribution in [-0.2, 0) is 67.4 Å². The van der Waals surface area contributed by atoms with E-state index in [1.165, 1.54) is 129 Å². The minimum Gasteiger partial charge on any atom is -0.0622 e. The zero-order valence-corrected chi connectivity index (χ0v) is 71.8. The molecule has 26 heteroatoms. The second kappa shape index (κ2) is 45.6. The normalized spacial score (nSPS) is 11.0. The van der Waals surface area contributed by atoms with Gasteiger partial charge in [0.15, 0.2) is 0 Å². The molecule has 0 heterocycles. The standard InChI is InChI=1S/2C44H32P2.2C4H2F4O4.2CO.2H2O.2Ru/c2*1-5-19-35(20-6-1)45(36-21-7-2-8-22-36)41-31-29-33-17-13-15-27-39(33)43(41)44-40-28-16-14-18-34(40)30-32-42(44)46(37-23-9-3-10-24-37)38-25-11-4-12-26-38;2*5-3(6,1(9)10)4(7,8)2(11)12;2*1-2;;;;/h2*1-32H;2*(H,9,10)(H,11,12);;;2*1H2;;.